The van der Waals surface area contributed by atoms with Gasteiger partial charge in [-0.25, -0.2) is 0 Å². The summed E-state index contributed by atoms with van der Waals surface area (Å²) < 4.78 is 0. The molecule has 3 heteroatoms. The number of rotatable bonds is 2. The van der Waals surface area contributed by atoms with Crippen LogP contribution >= 0.6 is 0 Å². The normalized spacial score (nSPS) is 30.8. The highest BCUT2D eigenvalue weighted by molar-refractivity contribution is 5.48. The Balaban J connectivity index is 1.93. The van der Waals surface area contributed by atoms with E-state index in [1.54, 1.807) is 0 Å². The van der Waals surface area contributed by atoms with Crippen LogP contribution in [0.25, 0.3) is 0 Å². The van der Waals surface area contributed by atoms with E-state index < -0.39 is 0 Å². The first-order chi connectivity index (χ1) is 6.42. The molecule has 1 unspecified atom stereocenters. The lowest BCUT2D eigenvalue weighted by atomic mass is 9.89. The van der Waals surface area contributed by atoms with Gasteiger partial charge in [0.05, 0.1) is 0 Å². The average molecular weight is 182 g/mol. The molecule has 74 valence electrons. The van der Waals surface area contributed by atoms with Crippen molar-refractivity contribution in [2.24, 2.45) is 5.92 Å². The molecule has 0 spiro atoms. The van der Waals surface area contributed by atoms with Crippen molar-refractivity contribution in [2.45, 2.75) is 31.7 Å². The lowest BCUT2D eigenvalue weighted by molar-refractivity contribution is -0.119. The van der Waals surface area contributed by atoms with E-state index in [4.69, 9.17) is 0 Å². The molecule has 0 aromatic carbocycles. The van der Waals surface area contributed by atoms with E-state index >= 15 is 0 Å². The Bertz CT molecular complexity index is 178. The zero-order valence-electron chi connectivity index (χ0n) is 8.04. The van der Waals surface area contributed by atoms with Gasteiger partial charge in [-0.15, -0.1) is 0 Å². The van der Waals surface area contributed by atoms with Crippen LogP contribution in [0.2, 0.25) is 0 Å². The highest BCUT2D eigenvalue weighted by atomic mass is 16.1. The maximum atomic E-state index is 10.8. The van der Waals surface area contributed by atoms with Crippen molar-refractivity contribution >= 4 is 6.41 Å². The summed E-state index contributed by atoms with van der Waals surface area (Å²) in [6.45, 7) is 3.25. The first kappa shape index (κ1) is 9.00. The van der Waals surface area contributed by atoms with Crippen molar-refractivity contribution in [2.75, 3.05) is 19.6 Å². The minimum Gasteiger partial charge on any atom is -0.342 e. The van der Waals surface area contributed by atoms with Crippen molar-refractivity contribution in [3.63, 3.8) is 0 Å². The van der Waals surface area contributed by atoms with Gasteiger partial charge in [-0.05, 0) is 44.7 Å². The largest absolute Gasteiger partial charge is 0.342 e. The summed E-state index contributed by atoms with van der Waals surface area (Å²) in [6.07, 6.45) is 5.96. The number of nitrogens with one attached hydrogen (secondary N) is 1. The lowest BCUT2D eigenvalue weighted by Gasteiger charge is -2.32. The number of amides is 1. The molecule has 1 amide bonds. The molecular weight excluding hydrogens is 164 g/mol. The highest BCUT2D eigenvalue weighted by Crippen LogP contribution is 2.28. The molecule has 0 aromatic rings. The summed E-state index contributed by atoms with van der Waals surface area (Å²) in [4.78, 5) is 12.8. The van der Waals surface area contributed by atoms with Gasteiger partial charge >= 0.3 is 0 Å². The average Bonchev–Trinajstić information content (AvgIpc) is 2.67. The van der Waals surface area contributed by atoms with Crippen LogP contribution < -0.4 is 5.32 Å². The van der Waals surface area contributed by atoms with E-state index in [0.717, 1.165) is 32.0 Å². The summed E-state index contributed by atoms with van der Waals surface area (Å²) in [7, 11) is 0. The molecular formula is C10H18N2O. The van der Waals surface area contributed by atoms with Gasteiger partial charge in [0.2, 0.25) is 6.41 Å². The molecule has 2 heterocycles. The van der Waals surface area contributed by atoms with E-state index in [2.05, 4.69) is 5.32 Å². The molecule has 0 bridgehead atoms. The van der Waals surface area contributed by atoms with Crippen LogP contribution in [0.4, 0.5) is 0 Å². The number of hydrogen-bond acceptors (Lipinski definition) is 2. The van der Waals surface area contributed by atoms with Crippen LogP contribution in [-0.2, 0) is 4.79 Å². The van der Waals surface area contributed by atoms with Crippen molar-refractivity contribution < 1.29 is 4.79 Å². The number of nitrogens with zero attached hydrogens (tertiary/aromatic N) is 1. The molecule has 0 radical (unpaired) electrons. The third-order valence-corrected chi connectivity index (χ3v) is 3.41. The van der Waals surface area contributed by atoms with Crippen molar-refractivity contribution in [1.82, 2.24) is 10.2 Å². The Morgan fingerprint density at radius 3 is 2.69 bits per heavy atom. The van der Waals surface area contributed by atoms with Gasteiger partial charge in [0.15, 0.2) is 0 Å². The lowest BCUT2D eigenvalue weighted by Crippen LogP contribution is -2.40. The Kier molecular flexibility index (Phi) is 2.83. The minimum atomic E-state index is 0.555. The molecule has 0 aromatic heterocycles. The van der Waals surface area contributed by atoms with Gasteiger partial charge in [0, 0.05) is 12.6 Å². The summed E-state index contributed by atoms with van der Waals surface area (Å²) in [6, 6.07) is 0.555. The second-order valence-electron chi connectivity index (χ2n) is 4.14. The molecule has 3 nitrogen and oxygen atoms in total. The number of piperidine rings is 1. The molecule has 2 aliphatic rings. The van der Waals surface area contributed by atoms with Crippen molar-refractivity contribution in [3.8, 4) is 0 Å². The molecule has 1 atom stereocenters. The Morgan fingerprint density at radius 1 is 1.23 bits per heavy atom. The third kappa shape index (κ3) is 1.85. The molecule has 0 aliphatic carbocycles. The van der Waals surface area contributed by atoms with Crippen LogP contribution in [0.1, 0.15) is 25.7 Å². The summed E-state index contributed by atoms with van der Waals surface area (Å²) in [5.74, 6) is 0.758. The predicted molar refractivity (Wildman–Crippen MR) is 51.4 cm³/mol. The maximum absolute atomic E-state index is 10.8. The van der Waals surface area contributed by atoms with Crippen LogP contribution in [0.3, 0.4) is 0 Å². The standard InChI is InChI=1S/C10H18N2O/c13-8-12-7-1-2-10(12)9-3-5-11-6-4-9/h8-11H,1-7H2. The number of hydrogen-bond donors (Lipinski definition) is 1. The number of likely N-dealkylation sites (tertiary alicyclic amines) is 1. The van der Waals surface area contributed by atoms with Crippen molar-refractivity contribution in [3.05, 3.63) is 0 Å². The highest BCUT2D eigenvalue weighted by Gasteiger charge is 2.31. The predicted octanol–water partition coefficient (Wildman–Crippen LogP) is 0.607. The van der Waals surface area contributed by atoms with E-state index in [9.17, 15) is 4.79 Å². The fraction of sp³-hybridized carbons (Fsp3) is 0.900. The van der Waals surface area contributed by atoms with Gasteiger partial charge in [-0.1, -0.05) is 0 Å². The zero-order chi connectivity index (χ0) is 9.10. The Morgan fingerprint density at radius 2 is 2.00 bits per heavy atom. The fourth-order valence-electron chi connectivity index (χ4n) is 2.68. The maximum Gasteiger partial charge on any atom is 0.209 e. The zero-order valence-corrected chi connectivity index (χ0v) is 8.04. The number of carbonyl (C=O) groups is 1. The summed E-state index contributed by atoms with van der Waals surface area (Å²) in [5.41, 5.74) is 0. The molecule has 0 saturated carbocycles. The van der Waals surface area contributed by atoms with Gasteiger partial charge in [0.25, 0.3) is 0 Å². The molecule has 2 fully saturated rings. The van der Waals surface area contributed by atoms with Gasteiger partial charge in [-0.3, -0.25) is 4.79 Å². The van der Waals surface area contributed by atoms with E-state index in [0.29, 0.717) is 6.04 Å². The van der Waals surface area contributed by atoms with Gasteiger partial charge in [-0.2, -0.15) is 0 Å². The quantitative estimate of drug-likeness (QED) is 0.634. The SMILES string of the molecule is O=CN1CCCC1C1CCNCC1. The third-order valence-electron chi connectivity index (χ3n) is 3.41. The second-order valence-corrected chi connectivity index (χ2v) is 4.14. The first-order valence-electron chi connectivity index (χ1n) is 5.33. The fourth-order valence-corrected chi connectivity index (χ4v) is 2.68. The molecule has 2 rings (SSSR count). The number of carbonyl (C=O) groups excluding carboxylic acids is 1. The van der Waals surface area contributed by atoms with Crippen LogP contribution in [0.5, 0.6) is 0 Å². The Labute approximate surface area is 79.5 Å². The Hall–Kier alpha value is -0.570. The molecule has 2 aliphatic heterocycles. The van der Waals surface area contributed by atoms with E-state index in [-0.39, 0.29) is 0 Å². The monoisotopic (exact) mass is 182 g/mol. The first-order valence-corrected chi connectivity index (χ1v) is 5.33. The summed E-state index contributed by atoms with van der Waals surface area (Å²) >= 11 is 0. The van der Waals surface area contributed by atoms with Crippen LogP contribution in [0.15, 0.2) is 0 Å². The molecule has 13 heavy (non-hydrogen) atoms. The van der Waals surface area contributed by atoms with Crippen LogP contribution in [-0.4, -0.2) is 37.0 Å². The summed E-state index contributed by atoms with van der Waals surface area (Å²) in [5, 5.41) is 3.36. The minimum absolute atomic E-state index is 0.555. The van der Waals surface area contributed by atoms with Crippen LogP contribution in [0, 0.1) is 5.92 Å². The van der Waals surface area contributed by atoms with Gasteiger partial charge in [0.1, 0.15) is 0 Å². The van der Waals surface area contributed by atoms with Gasteiger partial charge < -0.3 is 10.2 Å². The van der Waals surface area contributed by atoms with Crippen molar-refractivity contribution in [1.29, 1.82) is 0 Å². The molecule has 2 saturated heterocycles. The topological polar surface area (TPSA) is 32.3 Å². The van der Waals surface area contributed by atoms with E-state index in [1.165, 1.54) is 25.7 Å². The second kappa shape index (κ2) is 4.09. The van der Waals surface area contributed by atoms with E-state index in [1.807, 2.05) is 4.90 Å². The smallest absolute Gasteiger partial charge is 0.209 e. The molecule has 1 N–H and O–H groups in total.